The van der Waals surface area contributed by atoms with Crippen LogP contribution in [-0.4, -0.2) is 27.0 Å². The number of aryl methyl sites for hydroxylation is 1. The fourth-order valence-electron chi connectivity index (χ4n) is 0.603. The Morgan fingerprint density at radius 1 is 1.83 bits per heavy atom. The van der Waals surface area contributed by atoms with Crippen molar-refractivity contribution in [2.45, 2.75) is 0 Å². The van der Waals surface area contributed by atoms with Crippen molar-refractivity contribution in [3.8, 4) is 0 Å². The molecule has 0 bridgehead atoms. The van der Waals surface area contributed by atoms with Crippen molar-refractivity contribution in [2.24, 2.45) is 12.8 Å². The Kier molecular flexibility index (Phi) is 4.13. The lowest BCUT2D eigenvalue weighted by molar-refractivity contribution is -0.122. The number of aromatic nitrogens is 2. The maximum Gasteiger partial charge on any atom is 0.290 e. The SMILES string of the molecule is Cn1ccnc1C(N)=O.O=CO. The first kappa shape index (κ1) is 10.2. The third-order valence-electron chi connectivity index (χ3n) is 1.04. The number of carboxylic acid groups (broad SMARTS) is 1. The van der Waals surface area contributed by atoms with Crippen LogP contribution in [0.2, 0.25) is 0 Å². The van der Waals surface area contributed by atoms with Crippen LogP contribution in [0.1, 0.15) is 10.6 Å². The quantitative estimate of drug-likeness (QED) is 0.541. The molecule has 0 aliphatic heterocycles. The number of carbonyl (C=O) groups is 2. The van der Waals surface area contributed by atoms with E-state index in [-0.39, 0.29) is 12.3 Å². The van der Waals surface area contributed by atoms with Gasteiger partial charge in [-0.1, -0.05) is 0 Å². The molecule has 0 aromatic carbocycles. The second-order valence-electron chi connectivity index (χ2n) is 1.83. The normalized spacial score (nSPS) is 8.08. The largest absolute Gasteiger partial charge is 0.483 e. The Labute approximate surface area is 68.6 Å². The molecule has 0 aliphatic carbocycles. The molecule has 0 radical (unpaired) electrons. The molecule has 0 saturated heterocycles. The van der Waals surface area contributed by atoms with Crippen LogP contribution >= 0.6 is 0 Å². The molecule has 1 aromatic rings. The van der Waals surface area contributed by atoms with E-state index in [1.807, 2.05) is 0 Å². The van der Waals surface area contributed by atoms with E-state index >= 15 is 0 Å². The summed E-state index contributed by atoms with van der Waals surface area (Å²) in [4.78, 5) is 22.5. The van der Waals surface area contributed by atoms with E-state index in [1.165, 1.54) is 6.20 Å². The summed E-state index contributed by atoms with van der Waals surface area (Å²) in [6.07, 6.45) is 3.19. The predicted octanol–water partition coefficient (Wildman–Crippen LogP) is -0.780. The third-order valence-corrected chi connectivity index (χ3v) is 1.04. The Hall–Kier alpha value is -1.85. The molecule has 0 saturated carbocycles. The molecule has 0 fully saturated rings. The zero-order chi connectivity index (χ0) is 9.56. The summed E-state index contributed by atoms with van der Waals surface area (Å²) in [5, 5.41) is 6.89. The first-order chi connectivity index (χ1) is 5.63. The Bertz CT molecular complexity index is 269. The van der Waals surface area contributed by atoms with Crippen molar-refractivity contribution in [3.05, 3.63) is 18.2 Å². The molecule has 3 N–H and O–H groups in total. The average molecular weight is 171 g/mol. The van der Waals surface area contributed by atoms with Gasteiger partial charge in [-0.25, -0.2) is 4.98 Å². The summed E-state index contributed by atoms with van der Waals surface area (Å²) in [5.74, 6) is -0.211. The summed E-state index contributed by atoms with van der Waals surface area (Å²) in [7, 11) is 1.72. The molecule has 6 nitrogen and oxygen atoms in total. The highest BCUT2D eigenvalue weighted by Gasteiger charge is 2.03. The lowest BCUT2D eigenvalue weighted by atomic mass is 10.6. The first-order valence-electron chi connectivity index (χ1n) is 2.98. The molecule has 1 aromatic heterocycles. The van der Waals surface area contributed by atoms with E-state index in [4.69, 9.17) is 15.6 Å². The van der Waals surface area contributed by atoms with Crippen LogP contribution in [-0.2, 0) is 11.8 Å². The Balaban J connectivity index is 0.000000354. The molecule has 0 atom stereocenters. The van der Waals surface area contributed by atoms with Crippen molar-refractivity contribution >= 4 is 12.4 Å². The lowest BCUT2D eigenvalue weighted by Crippen LogP contribution is -2.16. The van der Waals surface area contributed by atoms with Gasteiger partial charge in [-0.05, 0) is 0 Å². The van der Waals surface area contributed by atoms with Gasteiger partial charge in [0.1, 0.15) is 0 Å². The fraction of sp³-hybridized carbons (Fsp3) is 0.167. The highest BCUT2D eigenvalue weighted by atomic mass is 16.3. The molecular weight excluding hydrogens is 162 g/mol. The number of amides is 1. The lowest BCUT2D eigenvalue weighted by Gasteiger charge is -1.92. The van der Waals surface area contributed by atoms with Crippen molar-refractivity contribution in [1.82, 2.24) is 9.55 Å². The average Bonchev–Trinajstić information content (AvgIpc) is 2.36. The maximum atomic E-state index is 10.4. The van der Waals surface area contributed by atoms with Gasteiger partial charge in [0.2, 0.25) is 0 Å². The predicted molar refractivity (Wildman–Crippen MR) is 40.4 cm³/mol. The van der Waals surface area contributed by atoms with E-state index in [0.29, 0.717) is 0 Å². The number of carbonyl (C=O) groups excluding carboxylic acids is 1. The van der Waals surface area contributed by atoms with E-state index < -0.39 is 5.91 Å². The molecule has 1 rings (SSSR count). The number of hydrogen-bond donors (Lipinski definition) is 2. The minimum Gasteiger partial charge on any atom is -0.483 e. The van der Waals surface area contributed by atoms with Crippen LogP contribution < -0.4 is 5.73 Å². The number of hydrogen-bond acceptors (Lipinski definition) is 3. The molecule has 1 amide bonds. The van der Waals surface area contributed by atoms with Gasteiger partial charge in [0.05, 0.1) is 0 Å². The minimum absolute atomic E-state index is 0.250. The van der Waals surface area contributed by atoms with Gasteiger partial charge in [-0.2, -0.15) is 0 Å². The number of rotatable bonds is 1. The second kappa shape index (κ2) is 4.89. The zero-order valence-electron chi connectivity index (χ0n) is 6.47. The third kappa shape index (κ3) is 2.82. The van der Waals surface area contributed by atoms with E-state index in [2.05, 4.69) is 4.98 Å². The molecule has 0 aliphatic rings. The molecule has 1 heterocycles. The van der Waals surface area contributed by atoms with Crippen LogP contribution in [0, 0.1) is 0 Å². The van der Waals surface area contributed by atoms with Crippen molar-refractivity contribution in [1.29, 1.82) is 0 Å². The molecule has 6 heteroatoms. The highest BCUT2D eigenvalue weighted by molar-refractivity contribution is 5.89. The standard InChI is InChI=1S/C5H7N3O.CH2O2/c1-8-3-2-7-5(8)4(6)9;2-1-3/h2-3H,1H3,(H2,6,9);1H,(H,2,3). The smallest absolute Gasteiger partial charge is 0.290 e. The van der Waals surface area contributed by atoms with Crippen molar-refractivity contribution in [2.75, 3.05) is 0 Å². The van der Waals surface area contributed by atoms with E-state index in [9.17, 15) is 4.79 Å². The van der Waals surface area contributed by atoms with Gasteiger partial charge in [0.15, 0.2) is 5.82 Å². The van der Waals surface area contributed by atoms with Crippen LogP contribution in [0.3, 0.4) is 0 Å². The molecule has 0 spiro atoms. The van der Waals surface area contributed by atoms with E-state index in [1.54, 1.807) is 17.8 Å². The van der Waals surface area contributed by atoms with Gasteiger partial charge in [0.25, 0.3) is 12.4 Å². The number of nitrogens with zero attached hydrogens (tertiary/aromatic N) is 2. The summed E-state index contributed by atoms with van der Waals surface area (Å²) in [6.45, 7) is -0.250. The van der Waals surface area contributed by atoms with Crippen LogP contribution in [0.5, 0.6) is 0 Å². The zero-order valence-corrected chi connectivity index (χ0v) is 6.47. The van der Waals surface area contributed by atoms with Crippen LogP contribution in [0.4, 0.5) is 0 Å². The maximum absolute atomic E-state index is 10.4. The number of nitrogens with two attached hydrogens (primary N) is 1. The van der Waals surface area contributed by atoms with Gasteiger partial charge in [-0.15, -0.1) is 0 Å². The molecule has 66 valence electrons. The molecule has 0 unspecified atom stereocenters. The van der Waals surface area contributed by atoms with Gasteiger partial charge < -0.3 is 15.4 Å². The second-order valence-corrected chi connectivity index (χ2v) is 1.83. The van der Waals surface area contributed by atoms with Crippen LogP contribution in [0.25, 0.3) is 0 Å². The summed E-state index contributed by atoms with van der Waals surface area (Å²) < 4.78 is 1.57. The monoisotopic (exact) mass is 171 g/mol. The van der Waals surface area contributed by atoms with Gasteiger partial charge in [-0.3, -0.25) is 9.59 Å². The summed E-state index contributed by atoms with van der Waals surface area (Å²) >= 11 is 0. The van der Waals surface area contributed by atoms with Gasteiger partial charge >= 0.3 is 0 Å². The van der Waals surface area contributed by atoms with Gasteiger partial charge in [0, 0.05) is 19.4 Å². The summed E-state index contributed by atoms with van der Waals surface area (Å²) in [6, 6.07) is 0. The topological polar surface area (TPSA) is 98.2 Å². The summed E-state index contributed by atoms with van der Waals surface area (Å²) in [5.41, 5.74) is 4.94. The van der Waals surface area contributed by atoms with Crippen molar-refractivity contribution in [3.63, 3.8) is 0 Å². The van der Waals surface area contributed by atoms with Crippen LogP contribution in [0.15, 0.2) is 12.4 Å². The fourth-order valence-corrected chi connectivity index (χ4v) is 0.603. The number of imidazole rings is 1. The molecular formula is C6H9N3O3. The molecule has 12 heavy (non-hydrogen) atoms. The Morgan fingerprint density at radius 3 is 2.50 bits per heavy atom. The Morgan fingerprint density at radius 2 is 2.33 bits per heavy atom. The first-order valence-corrected chi connectivity index (χ1v) is 2.98. The number of primary amides is 1. The van der Waals surface area contributed by atoms with Crippen molar-refractivity contribution < 1.29 is 14.7 Å². The minimum atomic E-state index is -0.498. The van der Waals surface area contributed by atoms with E-state index in [0.717, 1.165) is 0 Å². The highest BCUT2D eigenvalue weighted by Crippen LogP contribution is 1.89.